The summed E-state index contributed by atoms with van der Waals surface area (Å²) >= 11 is 5.91. The molecule has 2 aromatic rings. The lowest BCUT2D eigenvalue weighted by Crippen LogP contribution is -2.20. The van der Waals surface area contributed by atoms with Crippen LogP contribution in [0.2, 0.25) is 5.02 Å². The standard InChI is InChI=1S/C18H18ClNO2/c1-13-6-8-17(22-2)15(10-13)7-9-18(21)20-12-14-4-3-5-16(19)11-14/h3-11H,12H2,1-2H3,(H,20,21)/b9-7+. The number of ether oxygens (including phenoxy) is 1. The highest BCUT2D eigenvalue weighted by Gasteiger charge is 2.01. The van der Waals surface area contributed by atoms with E-state index in [2.05, 4.69) is 5.32 Å². The number of nitrogens with one attached hydrogen (secondary N) is 1. The molecule has 0 aliphatic carbocycles. The maximum Gasteiger partial charge on any atom is 0.244 e. The van der Waals surface area contributed by atoms with Gasteiger partial charge in [-0.2, -0.15) is 0 Å². The van der Waals surface area contributed by atoms with E-state index in [0.29, 0.717) is 11.6 Å². The molecular weight excluding hydrogens is 298 g/mol. The van der Waals surface area contributed by atoms with Crippen molar-refractivity contribution >= 4 is 23.6 Å². The lowest BCUT2D eigenvalue weighted by atomic mass is 10.1. The molecule has 3 nitrogen and oxygen atoms in total. The predicted octanol–water partition coefficient (Wildman–Crippen LogP) is 3.99. The van der Waals surface area contributed by atoms with E-state index in [-0.39, 0.29) is 5.91 Å². The Morgan fingerprint density at radius 3 is 2.82 bits per heavy atom. The molecule has 0 unspecified atom stereocenters. The highest BCUT2D eigenvalue weighted by molar-refractivity contribution is 6.30. The van der Waals surface area contributed by atoms with E-state index in [9.17, 15) is 4.79 Å². The lowest BCUT2D eigenvalue weighted by molar-refractivity contribution is -0.116. The highest BCUT2D eigenvalue weighted by Crippen LogP contribution is 2.20. The minimum Gasteiger partial charge on any atom is -0.496 e. The second-order valence-corrected chi connectivity index (χ2v) is 5.36. The Labute approximate surface area is 135 Å². The third-order valence-corrected chi connectivity index (χ3v) is 3.39. The van der Waals surface area contributed by atoms with E-state index >= 15 is 0 Å². The second kappa shape index (κ2) is 7.66. The molecule has 0 bridgehead atoms. The van der Waals surface area contributed by atoms with Gasteiger partial charge in [-0.15, -0.1) is 0 Å². The van der Waals surface area contributed by atoms with Gasteiger partial charge in [0.2, 0.25) is 5.91 Å². The molecule has 0 radical (unpaired) electrons. The molecule has 22 heavy (non-hydrogen) atoms. The highest BCUT2D eigenvalue weighted by atomic mass is 35.5. The van der Waals surface area contributed by atoms with Crippen molar-refractivity contribution in [2.45, 2.75) is 13.5 Å². The number of carbonyl (C=O) groups excluding carboxylic acids is 1. The summed E-state index contributed by atoms with van der Waals surface area (Å²) in [5, 5.41) is 3.48. The molecule has 2 aromatic carbocycles. The van der Waals surface area contributed by atoms with Crippen LogP contribution in [0.15, 0.2) is 48.5 Å². The van der Waals surface area contributed by atoms with Crippen molar-refractivity contribution in [1.29, 1.82) is 0 Å². The fraction of sp³-hybridized carbons (Fsp3) is 0.167. The third kappa shape index (κ3) is 4.64. The molecule has 0 atom stereocenters. The van der Waals surface area contributed by atoms with Gasteiger partial charge in [0.1, 0.15) is 5.75 Å². The number of amides is 1. The van der Waals surface area contributed by atoms with Crippen molar-refractivity contribution in [3.63, 3.8) is 0 Å². The predicted molar refractivity (Wildman–Crippen MR) is 90.1 cm³/mol. The summed E-state index contributed by atoms with van der Waals surface area (Å²) in [6.45, 7) is 2.44. The summed E-state index contributed by atoms with van der Waals surface area (Å²) in [6, 6.07) is 13.2. The van der Waals surface area contributed by atoms with Crippen molar-refractivity contribution < 1.29 is 9.53 Å². The monoisotopic (exact) mass is 315 g/mol. The average Bonchev–Trinajstić information content (AvgIpc) is 2.51. The number of benzene rings is 2. The van der Waals surface area contributed by atoms with Gasteiger partial charge < -0.3 is 10.1 Å². The van der Waals surface area contributed by atoms with Gasteiger partial charge in [0.25, 0.3) is 0 Å². The molecule has 0 saturated heterocycles. The quantitative estimate of drug-likeness (QED) is 0.847. The fourth-order valence-electron chi connectivity index (χ4n) is 2.04. The SMILES string of the molecule is COc1ccc(C)cc1/C=C/C(=O)NCc1cccc(Cl)c1. The number of aryl methyl sites for hydroxylation is 1. The summed E-state index contributed by atoms with van der Waals surface area (Å²) in [5.74, 6) is 0.577. The van der Waals surface area contributed by atoms with Crippen molar-refractivity contribution in [3.8, 4) is 5.75 Å². The summed E-state index contributed by atoms with van der Waals surface area (Å²) in [4.78, 5) is 11.9. The van der Waals surface area contributed by atoms with E-state index in [1.54, 1.807) is 19.3 Å². The van der Waals surface area contributed by atoms with Gasteiger partial charge in [0.15, 0.2) is 0 Å². The van der Waals surface area contributed by atoms with E-state index in [4.69, 9.17) is 16.3 Å². The molecule has 4 heteroatoms. The van der Waals surface area contributed by atoms with Gasteiger partial charge in [0.05, 0.1) is 7.11 Å². The average molecular weight is 316 g/mol. The van der Waals surface area contributed by atoms with Gasteiger partial charge >= 0.3 is 0 Å². The molecule has 0 aliphatic rings. The van der Waals surface area contributed by atoms with Gasteiger partial charge in [-0.25, -0.2) is 0 Å². The van der Waals surface area contributed by atoms with Crippen LogP contribution < -0.4 is 10.1 Å². The number of halogens is 1. The number of carbonyl (C=O) groups is 1. The zero-order valence-corrected chi connectivity index (χ0v) is 13.4. The first-order valence-corrected chi connectivity index (χ1v) is 7.31. The van der Waals surface area contributed by atoms with E-state index in [0.717, 1.165) is 22.4 Å². The first-order chi connectivity index (χ1) is 10.6. The second-order valence-electron chi connectivity index (χ2n) is 4.93. The molecule has 0 fully saturated rings. The molecule has 1 N–H and O–H groups in total. The summed E-state index contributed by atoms with van der Waals surface area (Å²) in [5.41, 5.74) is 2.95. The molecule has 0 heterocycles. The van der Waals surface area contributed by atoms with E-state index in [1.165, 1.54) is 6.08 Å². The normalized spacial score (nSPS) is 10.7. The minimum absolute atomic E-state index is 0.163. The maximum absolute atomic E-state index is 11.9. The summed E-state index contributed by atoms with van der Waals surface area (Å²) in [7, 11) is 1.61. The Hall–Kier alpha value is -2.26. The molecule has 0 aliphatic heterocycles. The summed E-state index contributed by atoms with van der Waals surface area (Å²) < 4.78 is 5.28. The lowest BCUT2D eigenvalue weighted by Gasteiger charge is -2.06. The van der Waals surface area contributed by atoms with Gasteiger partial charge in [-0.05, 0) is 42.8 Å². The zero-order valence-electron chi connectivity index (χ0n) is 12.6. The van der Waals surface area contributed by atoms with Crippen LogP contribution in [0.1, 0.15) is 16.7 Å². The fourth-order valence-corrected chi connectivity index (χ4v) is 2.26. The van der Waals surface area contributed by atoms with E-state index < -0.39 is 0 Å². The topological polar surface area (TPSA) is 38.3 Å². The molecule has 1 amide bonds. The molecule has 114 valence electrons. The number of hydrogen-bond acceptors (Lipinski definition) is 2. The Morgan fingerprint density at radius 2 is 2.09 bits per heavy atom. The number of methoxy groups -OCH3 is 1. The molecule has 2 rings (SSSR count). The van der Waals surface area contributed by atoms with Crippen LogP contribution in [0.25, 0.3) is 6.08 Å². The first kappa shape index (κ1) is 16.1. The summed E-state index contributed by atoms with van der Waals surface area (Å²) in [6.07, 6.45) is 3.25. The number of hydrogen-bond donors (Lipinski definition) is 1. The van der Waals surface area contributed by atoms with Gasteiger partial charge in [0, 0.05) is 23.2 Å². The Kier molecular flexibility index (Phi) is 5.61. The Bertz CT molecular complexity index is 695. The van der Waals surface area contributed by atoms with Crippen molar-refractivity contribution in [2.24, 2.45) is 0 Å². The number of rotatable bonds is 5. The van der Waals surface area contributed by atoms with Crippen molar-refractivity contribution in [1.82, 2.24) is 5.32 Å². The van der Waals surface area contributed by atoms with Crippen LogP contribution >= 0.6 is 11.6 Å². The largest absolute Gasteiger partial charge is 0.496 e. The third-order valence-electron chi connectivity index (χ3n) is 3.16. The Balaban J connectivity index is 1.98. The maximum atomic E-state index is 11.9. The molecular formula is C18H18ClNO2. The zero-order chi connectivity index (χ0) is 15.9. The van der Waals surface area contributed by atoms with E-state index in [1.807, 2.05) is 43.3 Å². The van der Waals surface area contributed by atoms with Crippen LogP contribution in [-0.2, 0) is 11.3 Å². The van der Waals surface area contributed by atoms with Crippen LogP contribution in [0.3, 0.4) is 0 Å². The molecule has 0 saturated carbocycles. The van der Waals surface area contributed by atoms with Crippen molar-refractivity contribution in [3.05, 3.63) is 70.3 Å². The molecule has 0 aromatic heterocycles. The van der Waals surface area contributed by atoms with Crippen LogP contribution in [0, 0.1) is 6.92 Å². The minimum atomic E-state index is -0.163. The van der Waals surface area contributed by atoms with Crippen LogP contribution in [0.4, 0.5) is 0 Å². The van der Waals surface area contributed by atoms with Gasteiger partial charge in [-0.3, -0.25) is 4.79 Å². The van der Waals surface area contributed by atoms with Gasteiger partial charge in [-0.1, -0.05) is 35.4 Å². The van der Waals surface area contributed by atoms with Crippen molar-refractivity contribution in [2.75, 3.05) is 7.11 Å². The Morgan fingerprint density at radius 1 is 1.27 bits per heavy atom. The molecule has 0 spiro atoms. The smallest absolute Gasteiger partial charge is 0.244 e. The first-order valence-electron chi connectivity index (χ1n) is 6.93. The van der Waals surface area contributed by atoms with Crippen LogP contribution in [-0.4, -0.2) is 13.0 Å². The van der Waals surface area contributed by atoms with Crippen LogP contribution in [0.5, 0.6) is 5.75 Å².